The van der Waals surface area contributed by atoms with Gasteiger partial charge in [0.1, 0.15) is 12.6 Å². The first-order valence-electron chi connectivity index (χ1n) is 15.4. The van der Waals surface area contributed by atoms with Crippen LogP contribution in [0.15, 0.2) is 65.6 Å². The Hall–Kier alpha value is -4.05. The standard InChI is InChI=1S/C35H45N3O6S/c1-7-31(35(40)36-28-13-8-9-14-28)37(22-27-12-10-11-24(2)18-27)34(39)23-38(29-19-25(3)17-26(4)20-29)45(41,42)30-15-16-32(43-5)33(21-30)44-6/h10-12,15-21,28,31H,7-9,13-14,22-23H2,1-6H3,(H,36,40)/t31-/m1/s1. The van der Waals surface area contributed by atoms with Gasteiger partial charge in [0.2, 0.25) is 11.8 Å². The number of ether oxygens (including phenoxy) is 2. The van der Waals surface area contributed by atoms with Crippen molar-refractivity contribution < 1.29 is 27.5 Å². The summed E-state index contributed by atoms with van der Waals surface area (Å²) in [5.74, 6) is -0.0610. The predicted octanol–water partition coefficient (Wildman–Crippen LogP) is 5.69. The van der Waals surface area contributed by atoms with E-state index >= 15 is 0 Å². The highest BCUT2D eigenvalue weighted by Crippen LogP contribution is 2.33. The molecule has 1 aliphatic rings. The van der Waals surface area contributed by atoms with Crippen LogP contribution < -0.4 is 19.1 Å². The average molecular weight is 636 g/mol. The highest BCUT2D eigenvalue weighted by atomic mass is 32.2. The number of carbonyl (C=O) groups excluding carboxylic acids is 2. The van der Waals surface area contributed by atoms with E-state index in [9.17, 15) is 18.0 Å². The Morgan fingerprint density at radius 2 is 1.56 bits per heavy atom. The Morgan fingerprint density at radius 3 is 2.16 bits per heavy atom. The number of nitrogens with zero attached hydrogens (tertiary/aromatic N) is 2. The topological polar surface area (TPSA) is 105 Å². The molecule has 1 fully saturated rings. The largest absolute Gasteiger partial charge is 0.493 e. The summed E-state index contributed by atoms with van der Waals surface area (Å²) in [6.07, 6.45) is 4.33. The molecule has 1 N–H and O–H groups in total. The van der Waals surface area contributed by atoms with E-state index in [1.165, 1.54) is 37.3 Å². The van der Waals surface area contributed by atoms with E-state index in [1.54, 1.807) is 12.1 Å². The van der Waals surface area contributed by atoms with Crippen molar-refractivity contribution in [2.24, 2.45) is 0 Å². The highest BCUT2D eigenvalue weighted by Gasteiger charge is 2.35. The molecular formula is C35H45N3O6S. The van der Waals surface area contributed by atoms with Crippen molar-refractivity contribution in [2.45, 2.75) is 83.3 Å². The fourth-order valence-corrected chi connectivity index (χ4v) is 7.44. The minimum atomic E-state index is -4.27. The van der Waals surface area contributed by atoms with Gasteiger partial charge in [-0.05, 0) is 81.0 Å². The van der Waals surface area contributed by atoms with Crippen LogP contribution in [0.3, 0.4) is 0 Å². The van der Waals surface area contributed by atoms with Crippen molar-refractivity contribution in [1.82, 2.24) is 10.2 Å². The lowest BCUT2D eigenvalue weighted by Crippen LogP contribution is -2.53. The van der Waals surface area contributed by atoms with E-state index in [4.69, 9.17) is 9.47 Å². The zero-order valence-electron chi connectivity index (χ0n) is 27.1. The predicted molar refractivity (Wildman–Crippen MR) is 176 cm³/mol. The average Bonchev–Trinajstić information content (AvgIpc) is 3.51. The van der Waals surface area contributed by atoms with Gasteiger partial charge in [0.15, 0.2) is 11.5 Å². The van der Waals surface area contributed by atoms with Crippen LogP contribution in [0.2, 0.25) is 0 Å². The molecule has 3 aromatic rings. The lowest BCUT2D eigenvalue weighted by atomic mass is 10.1. The summed E-state index contributed by atoms with van der Waals surface area (Å²) < 4.78 is 40.6. The Labute approximate surface area is 267 Å². The van der Waals surface area contributed by atoms with Crippen LogP contribution in [0.25, 0.3) is 0 Å². The van der Waals surface area contributed by atoms with Crippen molar-refractivity contribution in [3.8, 4) is 11.5 Å². The number of benzene rings is 3. The number of nitrogens with one attached hydrogen (secondary N) is 1. The molecule has 0 heterocycles. The van der Waals surface area contributed by atoms with Crippen molar-refractivity contribution in [3.63, 3.8) is 0 Å². The number of amides is 2. The summed E-state index contributed by atoms with van der Waals surface area (Å²) in [4.78, 5) is 29.6. The maximum Gasteiger partial charge on any atom is 0.264 e. The van der Waals surface area contributed by atoms with Crippen LogP contribution in [0, 0.1) is 20.8 Å². The van der Waals surface area contributed by atoms with Crippen LogP contribution >= 0.6 is 0 Å². The third-order valence-corrected chi connectivity index (χ3v) is 10.0. The first kappa shape index (κ1) is 33.8. The number of anilines is 1. The first-order valence-corrected chi connectivity index (χ1v) is 16.9. The van der Waals surface area contributed by atoms with E-state index in [2.05, 4.69) is 5.32 Å². The van der Waals surface area contributed by atoms with Gasteiger partial charge in [0.25, 0.3) is 10.0 Å². The minimum absolute atomic E-state index is 0.0524. The summed E-state index contributed by atoms with van der Waals surface area (Å²) >= 11 is 0. The van der Waals surface area contributed by atoms with Gasteiger partial charge in [-0.25, -0.2) is 8.42 Å². The maximum atomic E-state index is 14.4. The lowest BCUT2D eigenvalue weighted by molar-refractivity contribution is -0.140. The zero-order chi connectivity index (χ0) is 32.7. The number of hydrogen-bond donors (Lipinski definition) is 1. The SMILES string of the molecule is CC[C@H](C(=O)NC1CCCC1)N(Cc1cccc(C)c1)C(=O)CN(c1cc(C)cc(C)c1)S(=O)(=O)c1ccc(OC)c(OC)c1. The molecule has 1 saturated carbocycles. The van der Waals surface area contributed by atoms with Gasteiger partial charge >= 0.3 is 0 Å². The van der Waals surface area contributed by atoms with Crippen molar-refractivity contribution in [1.29, 1.82) is 0 Å². The third-order valence-electron chi connectivity index (χ3n) is 8.24. The second-order valence-corrected chi connectivity index (χ2v) is 13.7. The van der Waals surface area contributed by atoms with Gasteiger partial charge in [-0.2, -0.15) is 0 Å². The smallest absolute Gasteiger partial charge is 0.264 e. The van der Waals surface area contributed by atoms with Crippen molar-refractivity contribution >= 4 is 27.5 Å². The molecule has 0 unspecified atom stereocenters. The number of aryl methyl sites for hydroxylation is 3. The van der Waals surface area contributed by atoms with Gasteiger partial charge in [-0.15, -0.1) is 0 Å². The van der Waals surface area contributed by atoms with Gasteiger partial charge in [-0.3, -0.25) is 13.9 Å². The highest BCUT2D eigenvalue weighted by molar-refractivity contribution is 7.92. The van der Waals surface area contributed by atoms with Crippen LogP contribution in [0.4, 0.5) is 5.69 Å². The van der Waals surface area contributed by atoms with Gasteiger partial charge < -0.3 is 19.7 Å². The molecule has 0 aromatic heterocycles. The number of rotatable bonds is 13. The Balaban J connectivity index is 1.77. The molecule has 2 amide bonds. The van der Waals surface area contributed by atoms with Crippen LogP contribution in [-0.2, 0) is 26.2 Å². The second kappa shape index (κ2) is 14.8. The summed E-state index contributed by atoms with van der Waals surface area (Å²) in [6, 6.07) is 16.9. The molecular weight excluding hydrogens is 590 g/mol. The fraction of sp³-hybridized carbons (Fsp3) is 0.429. The quantitative estimate of drug-likeness (QED) is 0.259. The Bertz CT molecular complexity index is 1600. The molecule has 9 nitrogen and oxygen atoms in total. The van der Waals surface area contributed by atoms with E-state index in [-0.39, 0.29) is 29.1 Å². The normalized spacial score (nSPS) is 14.1. The number of carbonyl (C=O) groups is 2. The molecule has 0 saturated heterocycles. The molecule has 1 aliphatic carbocycles. The fourth-order valence-electron chi connectivity index (χ4n) is 6.02. The van der Waals surface area contributed by atoms with Crippen LogP contribution in [0.1, 0.15) is 61.3 Å². The van der Waals surface area contributed by atoms with Crippen molar-refractivity contribution in [3.05, 3.63) is 82.9 Å². The van der Waals surface area contributed by atoms with Gasteiger partial charge in [-0.1, -0.05) is 55.7 Å². The Morgan fingerprint density at radius 1 is 0.889 bits per heavy atom. The van der Waals surface area contributed by atoms with Crippen LogP contribution in [-0.4, -0.2) is 58.0 Å². The molecule has 0 aliphatic heterocycles. The van der Waals surface area contributed by atoms with Crippen LogP contribution in [0.5, 0.6) is 11.5 Å². The molecule has 1 atom stereocenters. The number of hydrogen-bond acceptors (Lipinski definition) is 6. The van der Waals surface area contributed by atoms with E-state index in [0.717, 1.165) is 52.2 Å². The van der Waals surface area contributed by atoms with E-state index < -0.39 is 28.5 Å². The first-order chi connectivity index (χ1) is 21.5. The molecule has 3 aromatic carbocycles. The molecule has 10 heteroatoms. The lowest BCUT2D eigenvalue weighted by Gasteiger charge is -2.34. The van der Waals surface area contributed by atoms with E-state index in [0.29, 0.717) is 17.9 Å². The Kier molecular flexibility index (Phi) is 11.1. The molecule has 45 heavy (non-hydrogen) atoms. The van der Waals surface area contributed by atoms with Crippen molar-refractivity contribution in [2.75, 3.05) is 25.1 Å². The van der Waals surface area contributed by atoms with E-state index in [1.807, 2.05) is 58.0 Å². The summed E-state index contributed by atoms with van der Waals surface area (Å²) in [5, 5.41) is 3.15. The minimum Gasteiger partial charge on any atom is -0.493 e. The zero-order valence-corrected chi connectivity index (χ0v) is 27.9. The maximum absolute atomic E-state index is 14.4. The third kappa shape index (κ3) is 8.16. The molecule has 0 spiro atoms. The summed E-state index contributed by atoms with van der Waals surface area (Å²) in [7, 11) is -1.37. The van der Waals surface area contributed by atoms with Gasteiger partial charge in [0, 0.05) is 18.7 Å². The monoisotopic (exact) mass is 635 g/mol. The molecule has 4 rings (SSSR count). The molecule has 242 valence electrons. The second-order valence-electron chi connectivity index (χ2n) is 11.8. The molecule has 0 radical (unpaired) electrons. The summed E-state index contributed by atoms with van der Waals surface area (Å²) in [6.45, 7) is 7.26. The number of methoxy groups -OCH3 is 2. The number of sulfonamides is 1. The molecule has 0 bridgehead atoms. The summed E-state index contributed by atoms with van der Waals surface area (Å²) in [5.41, 5.74) is 3.94. The van der Waals surface area contributed by atoms with Gasteiger partial charge in [0.05, 0.1) is 24.8 Å².